The molecule has 0 atom stereocenters. The van der Waals surface area contributed by atoms with E-state index >= 15 is 0 Å². The molecular weight excluding hydrogens is 320 g/mol. The van der Waals surface area contributed by atoms with Crippen LogP contribution in [0.3, 0.4) is 0 Å². The van der Waals surface area contributed by atoms with E-state index in [1.54, 1.807) is 18.5 Å². The standard InChI is InChI=1S/C14H20N4O4S/c1-10-15-12(7-16(10)2)23(20,21)17-8-14(9-17)5-13(19)18(22-14)6-11-3-4-11/h7,11H,3-6,8-9H2,1-2H3. The highest BCUT2D eigenvalue weighted by atomic mass is 32.2. The van der Waals surface area contributed by atoms with Crippen LogP contribution in [0.2, 0.25) is 0 Å². The van der Waals surface area contributed by atoms with Crippen molar-refractivity contribution in [1.82, 2.24) is 18.9 Å². The van der Waals surface area contributed by atoms with Crippen molar-refractivity contribution in [2.24, 2.45) is 13.0 Å². The number of hydrogen-bond acceptors (Lipinski definition) is 5. The Morgan fingerprint density at radius 3 is 2.65 bits per heavy atom. The number of amides is 1. The topological polar surface area (TPSA) is 84.7 Å². The molecule has 0 radical (unpaired) electrons. The third kappa shape index (κ3) is 2.47. The molecule has 4 rings (SSSR count). The lowest BCUT2D eigenvalue weighted by atomic mass is 9.94. The quantitative estimate of drug-likeness (QED) is 0.773. The summed E-state index contributed by atoms with van der Waals surface area (Å²) in [5, 5.41) is 1.48. The Labute approximate surface area is 135 Å². The van der Waals surface area contributed by atoms with Crippen molar-refractivity contribution in [2.75, 3.05) is 19.6 Å². The second-order valence-electron chi connectivity index (χ2n) is 6.86. The first-order valence-electron chi connectivity index (χ1n) is 7.79. The van der Waals surface area contributed by atoms with Crippen molar-refractivity contribution in [1.29, 1.82) is 0 Å². The van der Waals surface area contributed by atoms with Gasteiger partial charge in [-0.1, -0.05) is 0 Å². The molecule has 2 saturated heterocycles. The van der Waals surface area contributed by atoms with Crippen LogP contribution in [0.25, 0.3) is 0 Å². The van der Waals surface area contributed by atoms with E-state index in [9.17, 15) is 13.2 Å². The van der Waals surface area contributed by atoms with Gasteiger partial charge in [0.15, 0.2) is 5.03 Å². The van der Waals surface area contributed by atoms with Gasteiger partial charge in [0.2, 0.25) is 5.91 Å². The highest BCUT2D eigenvalue weighted by molar-refractivity contribution is 7.89. The summed E-state index contributed by atoms with van der Waals surface area (Å²) in [4.78, 5) is 21.9. The molecule has 1 aromatic rings. The van der Waals surface area contributed by atoms with Gasteiger partial charge >= 0.3 is 0 Å². The first-order chi connectivity index (χ1) is 10.8. The average molecular weight is 340 g/mol. The highest BCUT2D eigenvalue weighted by Crippen LogP contribution is 2.40. The zero-order valence-electron chi connectivity index (χ0n) is 13.2. The number of hydrogen-bond donors (Lipinski definition) is 0. The summed E-state index contributed by atoms with van der Waals surface area (Å²) in [5.41, 5.74) is -0.678. The van der Waals surface area contributed by atoms with Crippen LogP contribution in [0.15, 0.2) is 11.2 Å². The number of nitrogens with zero attached hydrogens (tertiary/aromatic N) is 4. The van der Waals surface area contributed by atoms with Gasteiger partial charge < -0.3 is 4.57 Å². The molecule has 126 valence electrons. The number of imidazole rings is 1. The van der Waals surface area contributed by atoms with E-state index in [-0.39, 0.29) is 30.4 Å². The number of aryl methyl sites for hydroxylation is 2. The summed E-state index contributed by atoms with van der Waals surface area (Å²) in [7, 11) is -1.86. The molecule has 3 aliphatic rings. The molecule has 1 spiro atoms. The van der Waals surface area contributed by atoms with Crippen LogP contribution < -0.4 is 0 Å². The first-order valence-corrected chi connectivity index (χ1v) is 9.23. The van der Waals surface area contributed by atoms with Crippen LogP contribution in [-0.4, -0.2) is 58.5 Å². The monoisotopic (exact) mass is 340 g/mol. The Kier molecular flexibility index (Phi) is 3.14. The van der Waals surface area contributed by atoms with E-state index in [1.165, 1.54) is 15.6 Å². The molecule has 1 aromatic heterocycles. The number of sulfonamides is 1. The van der Waals surface area contributed by atoms with Crippen LogP contribution in [0, 0.1) is 12.8 Å². The summed E-state index contributed by atoms with van der Waals surface area (Å²) in [6.07, 6.45) is 4.04. The fraction of sp³-hybridized carbons (Fsp3) is 0.714. The van der Waals surface area contributed by atoms with Gasteiger partial charge in [-0.3, -0.25) is 9.63 Å². The normalized spacial score (nSPS) is 24.4. The highest BCUT2D eigenvalue weighted by Gasteiger charge is 2.57. The molecule has 3 heterocycles. The smallest absolute Gasteiger partial charge is 0.262 e. The number of carbonyl (C=O) groups excluding carboxylic acids is 1. The van der Waals surface area contributed by atoms with E-state index in [0.29, 0.717) is 18.3 Å². The molecule has 23 heavy (non-hydrogen) atoms. The number of hydroxylamine groups is 2. The molecule has 1 amide bonds. The minimum Gasteiger partial charge on any atom is -0.337 e. The van der Waals surface area contributed by atoms with Gasteiger partial charge in [-0.2, -0.15) is 4.31 Å². The predicted octanol–water partition coefficient (Wildman–Crippen LogP) is 0.0455. The lowest BCUT2D eigenvalue weighted by Gasteiger charge is -2.44. The Hall–Kier alpha value is -1.45. The largest absolute Gasteiger partial charge is 0.337 e. The van der Waals surface area contributed by atoms with Crippen LogP contribution in [0.5, 0.6) is 0 Å². The lowest BCUT2D eigenvalue weighted by molar-refractivity contribution is -0.225. The zero-order chi connectivity index (χ0) is 16.4. The van der Waals surface area contributed by atoms with E-state index < -0.39 is 15.6 Å². The van der Waals surface area contributed by atoms with E-state index in [4.69, 9.17) is 4.84 Å². The molecule has 0 N–H and O–H groups in total. The molecule has 1 saturated carbocycles. The fourth-order valence-corrected chi connectivity index (χ4v) is 4.69. The summed E-state index contributed by atoms with van der Waals surface area (Å²) >= 11 is 0. The maximum Gasteiger partial charge on any atom is 0.262 e. The molecule has 9 heteroatoms. The molecule has 2 aliphatic heterocycles. The second kappa shape index (κ2) is 4.78. The Morgan fingerprint density at radius 2 is 2.09 bits per heavy atom. The number of aromatic nitrogens is 2. The molecule has 0 aromatic carbocycles. The fourth-order valence-electron chi connectivity index (χ4n) is 3.07. The van der Waals surface area contributed by atoms with Crippen molar-refractivity contribution in [2.45, 2.75) is 36.8 Å². The maximum atomic E-state index is 12.6. The van der Waals surface area contributed by atoms with Crippen molar-refractivity contribution in [3.63, 3.8) is 0 Å². The van der Waals surface area contributed by atoms with E-state index in [1.807, 2.05) is 0 Å². The number of carbonyl (C=O) groups is 1. The Morgan fingerprint density at radius 1 is 1.39 bits per heavy atom. The van der Waals surface area contributed by atoms with E-state index in [0.717, 1.165) is 12.8 Å². The van der Waals surface area contributed by atoms with Crippen molar-refractivity contribution < 1.29 is 18.0 Å². The zero-order valence-corrected chi connectivity index (χ0v) is 14.0. The van der Waals surface area contributed by atoms with Crippen molar-refractivity contribution >= 4 is 15.9 Å². The van der Waals surface area contributed by atoms with Crippen molar-refractivity contribution in [3.05, 3.63) is 12.0 Å². The minimum absolute atomic E-state index is 0.0392. The summed E-state index contributed by atoms with van der Waals surface area (Å²) in [5.74, 6) is 1.15. The molecule has 8 nitrogen and oxygen atoms in total. The van der Waals surface area contributed by atoms with Gasteiger partial charge in [-0.15, -0.1) is 0 Å². The van der Waals surface area contributed by atoms with Crippen LogP contribution >= 0.6 is 0 Å². The molecular formula is C14H20N4O4S. The van der Waals surface area contributed by atoms with Gasteiger partial charge in [0, 0.05) is 26.3 Å². The second-order valence-corrected chi connectivity index (χ2v) is 8.74. The Balaban J connectivity index is 1.45. The summed E-state index contributed by atoms with van der Waals surface area (Å²) in [6.45, 7) is 2.80. The van der Waals surface area contributed by atoms with Gasteiger partial charge in [-0.05, 0) is 25.7 Å². The van der Waals surface area contributed by atoms with Crippen LogP contribution in [-0.2, 0) is 26.7 Å². The Bertz CT molecular complexity index is 742. The SMILES string of the molecule is Cc1nc(S(=O)(=O)N2CC3(CC(=O)N(CC4CC4)O3)C2)cn1C. The summed E-state index contributed by atoms with van der Waals surface area (Å²) < 4.78 is 28.1. The van der Waals surface area contributed by atoms with Crippen LogP contribution in [0.1, 0.15) is 25.1 Å². The summed E-state index contributed by atoms with van der Waals surface area (Å²) in [6, 6.07) is 0. The molecule has 1 aliphatic carbocycles. The van der Waals surface area contributed by atoms with E-state index in [2.05, 4.69) is 4.98 Å². The minimum atomic E-state index is -3.62. The average Bonchev–Trinajstić information content (AvgIpc) is 3.10. The third-order valence-corrected chi connectivity index (χ3v) is 6.46. The van der Waals surface area contributed by atoms with Gasteiger partial charge in [0.25, 0.3) is 10.0 Å². The molecule has 0 bridgehead atoms. The predicted molar refractivity (Wildman–Crippen MR) is 79.6 cm³/mol. The van der Waals surface area contributed by atoms with Gasteiger partial charge in [0.1, 0.15) is 11.4 Å². The van der Waals surface area contributed by atoms with Gasteiger partial charge in [0.05, 0.1) is 13.0 Å². The molecule has 0 unspecified atom stereocenters. The van der Waals surface area contributed by atoms with Crippen molar-refractivity contribution in [3.8, 4) is 0 Å². The maximum absolute atomic E-state index is 12.6. The third-order valence-electron chi connectivity index (χ3n) is 4.80. The van der Waals surface area contributed by atoms with Gasteiger partial charge in [-0.25, -0.2) is 18.5 Å². The number of rotatable bonds is 4. The van der Waals surface area contributed by atoms with Crippen LogP contribution in [0.4, 0.5) is 0 Å². The first kappa shape index (κ1) is 15.1. The molecule has 3 fully saturated rings. The lowest BCUT2D eigenvalue weighted by Crippen LogP contribution is -2.63.